The molecule has 0 unspecified atom stereocenters. The minimum atomic E-state index is -0.990. The Morgan fingerprint density at radius 1 is 0.927 bits per heavy atom. The molecular weight excluding hydrogens is 749 g/mol. The number of carbonyl (C=O) groups is 6. The van der Waals surface area contributed by atoms with Gasteiger partial charge in [0.25, 0.3) is 0 Å². The van der Waals surface area contributed by atoms with E-state index in [0.29, 0.717) is 59.2 Å². The van der Waals surface area contributed by atoms with E-state index in [4.69, 9.17) is 4.74 Å². The summed E-state index contributed by atoms with van der Waals surface area (Å²) in [6.45, 7) is 2.21. The second-order valence-corrected chi connectivity index (χ2v) is 15.2. The predicted octanol–water partition coefficient (Wildman–Crippen LogP) is 3.12. The highest BCUT2D eigenvalue weighted by atomic mass is 32.2. The molecule has 4 rings (SSSR count). The van der Waals surface area contributed by atoms with Gasteiger partial charge in [-0.15, -0.1) is 23.1 Å². The van der Waals surface area contributed by atoms with Crippen LogP contribution in [0.4, 0.5) is 10.5 Å². The molecule has 6 N–H and O–H groups in total. The molecule has 0 spiro atoms. The number of nitrogens with one attached hydrogen (secondary N) is 5. The van der Waals surface area contributed by atoms with Gasteiger partial charge in [-0.2, -0.15) is 0 Å². The molecule has 5 amide bonds. The van der Waals surface area contributed by atoms with Crippen molar-refractivity contribution in [3.05, 3.63) is 59.1 Å². The van der Waals surface area contributed by atoms with Crippen LogP contribution in [0.3, 0.4) is 0 Å². The summed E-state index contributed by atoms with van der Waals surface area (Å²) in [6.07, 6.45) is 2.20. The number of carbonyl (C=O) groups excluding carboxylic acids is 5. The summed E-state index contributed by atoms with van der Waals surface area (Å²) >= 11 is 2.66. The summed E-state index contributed by atoms with van der Waals surface area (Å²) in [4.78, 5) is 86.3. The zero-order chi connectivity index (χ0) is 39.7. The molecule has 0 fully saturated rings. The maximum absolute atomic E-state index is 13.8. The average molecular weight is 797 g/mol. The van der Waals surface area contributed by atoms with Crippen molar-refractivity contribution in [3.63, 3.8) is 0 Å². The van der Waals surface area contributed by atoms with E-state index in [1.54, 1.807) is 30.3 Å². The second-order valence-electron chi connectivity index (χ2n) is 13.2. The Kier molecular flexibility index (Phi) is 16.9. The third kappa shape index (κ3) is 14.6. The van der Waals surface area contributed by atoms with Gasteiger partial charge in [-0.05, 0) is 82.9 Å². The van der Waals surface area contributed by atoms with Crippen molar-refractivity contribution < 1.29 is 38.6 Å². The first-order valence-corrected chi connectivity index (χ1v) is 19.8. The fourth-order valence-electron chi connectivity index (χ4n) is 5.44. The summed E-state index contributed by atoms with van der Waals surface area (Å²) in [5.41, 5.74) is 1.91. The van der Waals surface area contributed by atoms with Crippen LogP contribution in [-0.2, 0) is 35.3 Å². The molecule has 16 nitrogen and oxygen atoms in total. The highest BCUT2D eigenvalue weighted by Crippen LogP contribution is 2.31. The van der Waals surface area contributed by atoms with E-state index in [0.717, 1.165) is 23.2 Å². The molecule has 3 aromatic rings. The first-order chi connectivity index (χ1) is 26.4. The van der Waals surface area contributed by atoms with Crippen molar-refractivity contribution in [2.45, 2.75) is 70.2 Å². The quantitative estimate of drug-likeness (QED) is 0.0861. The molecule has 2 aromatic carbocycles. The van der Waals surface area contributed by atoms with Gasteiger partial charge in [-0.3, -0.25) is 24.2 Å². The van der Waals surface area contributed by atoms with E-state index in [9.17, 15) is 33.9 Å². The third-order valence-corrected chi connectivity index (χ3v) is 10.5. The van der Waals surface area contributed by atoms with Crippen molar-refractivity contribution >= 4 is 79.7 Å². The molecule has 2 heterocycles. The van der Waals surface area contributed by atoms with E-state index >= 15 is 0 Å². The van der Waals surface area contributed by atoms with Crippen LogP contribution in [0.25, 0.3) is 10.2 Å². The van der Waals surface area contributed by atoms with Crippen LogP contribution in [0, 0.1) is 0 Å². The number of thiazole rings is 1. The number of ether oxygens (including phenoxy) is 1. The second kappa shape index (κ2) is 21.7. The maximum Gasteiger partial charge on any atom is 0.407 e. The standard InChI is InChI=1S/C37H48N8O8S2/c1-23(46)38-17-9-7-13-28(32(48)40-25-15-16-26-30(19-25)55-35(43-26)34-44-29(22-54-34)36(50)51)42-33(49)27(14-8-10-18-45(2)3)41-31(47)20-39-37(52)53-21-24-11-5-4-6-12-24/h4-6,11-12,15-16,19,27-29H,7-10,13-14,17-18,20-22H2,1-3H3,(H,38,46)(H,39,52)(H,40,48)(H,41,47)(H,42,49)(H,50,51)/t27-,28-,29+/m0/s1. The summed E-state index contributed by atoms with van der Waals surface area (Å²) in [7, 11) is 3.88. The van der Waals surface area contributed by atoms with Crippen LogP contribution in [0.1, 0.15) is 56.0 Å². The highest BCUT2D eigenvalue weighted by molar-refractivity contribution is 8.15. The molecule has 296 valence electrons. The number of rotatable bonds is 21. The summed E-state index contributed by atoms with van der Waals surface area (Å²) in [6, 6.07) is 11.5. The Hall–Kier alpha value is -5.07. The Bertz CT molecular complexity index is 1840. The molecular formula is C37H48N8O8S2. The number of hydrogen-bond acceptors (Lipinski definition) is 12. The van der Waals surface area contributed by atoms with E-state index in [1.807, 2.05) is 37.2 Å². The van der Waals surface area contributed by atoms with Gasteiger partial charge >= 0.3 is 12.1 Å². The number of aliphatic imine (C=N–C) groups is 1. The highest BCUT2D eigenvalue weighted by Gasteiger charge is 2.28. The lowest BCUT2D eigenvalue weighted by Gasteiger charge is -2.24. The number of benzene rings is 2. The molecule has 0 aliphatic carbocycles. The maximum atomic E-state index is 13.8. The molecule has 18 heteroatoms. The number of carboxylic acid groups (broad SMARTS) is 1. The van der Waals surface area contributed by atoms with Crippen molar-refractivity contribution in [3.8, 4) is 0 Å². The van der Waals surface area contributed by atoms with Crippen LogP contribution in [0.15, 0.2) is 53.5 Å². The first kappa shape index (κ1) is 42.7. The number of amides is 5. The number of unbranched alkanes of at least 4 members (excludes halogenated alkanes) is 2. The fraction of sp³-hybridized carbons (Fsp3) is 0.459. The number of carboxylic acids is 1. The van der Waals surface area contributed by atoms with E-state index < -0.39 is 54.5 Å². The number of aromatic nitrogens is 1. The van der Waals surface area contributed by atoms with Crippen LogP contribution in [-0.4, -0.2) is 113 Å². The van der Waals surface area contributed by atoms with Gasteiger partial charge in [-0.25, -0.2) is 14.6 Å². The Labute approximate surface area is 327 Å². The molecule has 1 aromatic heterocycles. The number of anilines is 1. The Balaban J connectivity index is 1.42. The lowest BCUT2D eigenvalue weighted by atomic mass is 10.0. The largest absolute Gasteiger partial charge is 0.480 e. The van der Waals surface area contributed by atoms with Gasteiger partial charge in [0.2, 0.25) is 23.6 Å². The molecule has 0 radical (unpaired) electrons. The topological polar surface area (TPSA) is 221 Å². The number of hydrogen-bond donors (Lipinski definition) is 6. The van der Waals surface area contributed by atoms with Crippen LogP contribution >= 0.6 is 23.1 Å². The number of aliphatic carboxylic acids is 1. The van der Waals surface area contributed by atoms with Crippen molar-refractivity contribution in [2.75, 3.05) is 44.8 Å². The average Bonchev–Trinajstić information content (AvgIpc) is 3.82. The number of nitrogens with zero attached hydrogens (tertiary/aromatic N) is 3. The Morgan fingerprint density at radius 2 is 1.65 bits per heavy atom. The van der Waals surface area contributed by atoms with Gasteiger partial charge in [0.15, 0.2) is 6.04 Å². The van der Waals surface area contributed by atoms with Crippen molar-refractivity contribution in [2.24, 2.45) is 4.99 Å². The van der Waals surface area contributed by atoms with E-state index in [2.05, 4.69) is 36.6 Å². The van der Waals surface area contributed by atoms with E-state index in [1.165, 1.54) is 30.0 Å². The minimum absolute atomic E-state index is 0.0302. The molecule has 3 atom stereocenters. The third-order valence-electron chi connectivity index (χ3n) is 8.31. The molecule has 1 aliphatic rings. The Morgan fingerprint density at radius 3 is 2.35 bits per heavy atom. The predicted molar refractivity (Wildman–Crippen MR) is 212 cm³/mol. The first-order valence-electron chi connectivity index (χ1n) is 18.0. The zero-order valence-corrected chi connectivity index (χ0v) is 32.7. The zero-order valence-electron chi connectivity index (χ0n) is 31.1. The molecule has 1 aliphatic heterocycles. The lowest BCUT2D eigenvalue weighted by Crippen LogP contribution is -2.53. The van der Waals surface area contributed by atoms with Gasteiger partial charge in [0, 0.05) is 24.9 Å². The number of alkyl carbamates (subject to hydrolysis) is 1. The summed E-state index contributed by atoms with van der Waals surface area (Å²) in [5, 5.41) is 24.0. The summed E-state index contributed by atoms with van der Waals surface area (Å²) in [5.74, 6) is -2.45. The van der Waals surface area contributed by atoms with Gasteiger partial charge in [-0.1, -0.05) is 30.3 Å². The molecule has 0 saturated carbocycles. The van der Waals surface area contributed by atoms with Gasteiger partial charge in [0.05, 0.1) is 10.2 Å². The SMILES string of the molecule is CC(=O)NCCCC[C@H](NC(=O)[C@H](CCCCN(C)C)NC(=O)CNC(=O)OCc1ccccc1)C(=O)Nc1ccc2nc(C3=N[C@@H](C(=O)O)CS3)sc2c1. The van der Waals surface area contributed by atoms with Crippen LogP contribution in [0.2, 0.25) is 0 Å². The molecule has 0 bridgehead atoms. The number of fused-ring (bicyclic) bond motifs is 1. The molecule has 0 saturated heterocycles. The van der Waals surface area contributed by atoms with Crippen molar-refractivity contribution in [1.82, 2.24) is 31.2 Å². The smallest absolute Gasteiger partial charge is 0.407 e. The van der Waals surface area contributed by atoms with Gasteiger partial charge in [0.1, 0.15) is 35.3 Å². The van der Waals surface area contributed by atoms with Crippen LogP contribution < -0.4 is 26.6 Å². The van der Waals surface area contributed by atoms with Gasteiger partial charge < -0.3 is 41.3 Å². The summed E-state index contributed by atoms with van der Waals surface area (Å²) < 4.78 is 5.93. The van der Waals surface area contributed by atoms with Crippen LogP contribution in [0.5, 0.6) is 0 Å². The fourth-order valence-corrected chi connectivity index (χ4v) is 7.54. The van der Waals surface area contributed by atoms with Crippen molar-refractivity contribution in [1.29, 1.82) is 0 Å². The van der Waals surface area contributed by atoms with E-state index in [-0.39, 0.29) is 18.9 Å². The lowest BCUT2D eigenvalue weighted by molar-refractivity contribution is -0.137. The monoisotopic (exact) mass is 796 g/mol. The molecule has 55 heavy (non-hydrogen) atoms. The minimum Gasteiger partial charge on any atom is -0.480 e. The number of thioether (sulfide) groups is 1. The normalized spacial score (nSPS) is 14.8.